The third-order valence-electron chi connectivity index (χ3n) is 6.22. The van der Waals surface area contributed by atoms with E-state index in [1.54, 1.807) is 0 Å². The van der Waals surface area contributed by atoms with E-state index in [2.05, 4.69) is 42.5 Å². The summed E-state index contributed by atoms with van der Waals surface area (Å²) >= 11 is 0. The maximum Gasteiger partial charge on any atom is 0.222 e. The van der Waals surface area contributed by atoms with E-state index >= 15 is 0 Å². The highest BCUT2D eigenvalue weighted by Gasteiger charge is 2.23. The predicted molar refractivity (Wildman–Crippen MR) is 117 cm³/mol. The van der Waals surface area contributed by atoms with Crippen LogP contribution in [-0.4, -0.2) is 43.2 Å². The van der Waals surface area contributed by atoms with E-state index in [-0.39, 0.29) is 5.91 Å². The van der Waals surface area contributed by atoms with Gasteiger partial charge in [0.25, 0.3) is 0 Å². The molecule has 1 saturated heterocycles. The van der Waals surface area contributed by atoms with Crippen LogP contribution in [0, 0.1) is 0 Å². The first-order chi connectivity index (χ1) is 14.2. The van der Waals surface area contributed by atoms with Crippen LogP contribution in [0.15, 0.2) is 42.5 Å². The Labute approximate surface area is 174 Å². The summed E-state index contributed by atoms with van der Waals surface area (Å²) < 4.78 is 5.83. The summed E-state index contributed by atoms with van der Waals surface area (Å²) in [6, 6.07) is 15.5. The van der Waals surface area contributed by atoms with E-state index in [4.69, 9.17) is 10.5 Å². The zero-order valence-electron chi connectivity index (χ0n) is 17.2. The van der Waals surface area contributed by atoms with Crippen molar-refractivity contribution in [1.82, 2.24) is 4.90 Å². The summed E-state index contributed by atoms with van der Waals surface area (Å²) in [4.78, 5) is 14.6. The van der Waals surface area contributed by atoms with Gasteiger partial charge >= 0.3 is 0 Å². The molecule has 1 fully saturated rings. The molecule has 0 radical (unpaired) electrons. The van der Waals surface area contributed by atoms with Crippen LogP contribution >= 0.6 is 0 Å². The Hall–Kier alpha value is -2.17. The fraction of sp³-hybridized carbons (Fsp3) is 0.480. The maximum absolute atomic E-state index is 12.6. The summed E-state index contributed by atoms with van der Waals surface area (Å²) in [5, 5.41) is 0. The highest BCUT2D eigenvalue weighted by molar-refractivity contribution is 5.77. The molecular formula is C25H32N2O2. The minimum absolute atomic E-state index is 0.289. The molecule has 1 heterocycles. The molecule has 0 unspecified atom stereocenters. The Bertz CT molecular complexity index is 840. The van der Waals surface area contributed by atoms with E-state index in [0.29, 0.717) is 19.1 Å². The van der Waals surface area contributed by atoms with Crippen molar-refractivity contribution in [3.8, 4) is 11.1 Å². The Morgan fingerprint density at radius 2 is 1.83 bits per heavy atom. The van der Waals surface area contributed by atoms with Gasteiger partial charge in [-0.2, -0.15) is 0 Å². The number of aryl methyl sites for hydroxylation is 1. The van der Waals surface area contributed by atoms with Crippen LogP contribution in [0.1, 0.15) is 48.8 Å². The van der Waals surface area contributed by atoms with Gasteiger partial charge in [0.1, 0.15) is 0 Å². The maximum atomic E-state index is 12.6. The molecule has 1 amide bonds. The molecule has 0 spiro atoms. The van der Waals surface area contributed by atoms with Crippen molar-refractivity contribution in [3.05, 3.63) is 59.2 Å². The smallest absolute Gasteiger partial charge is 0.222 e. The lowest BCUT2D eigenvalue weighted by molar-refractivity contribution is -0.133. The number of carbonyl (C=O) groups is 1. The minimum atomic E-state index is 0.289. The van der Waals surface area contributed by atoms with Crippen LogP contribution < -0.4 is 5.73 Å². The van der Waals surface area contributed by atoms with Crippen LogP contribution in [-0.2, 0) is 22.4 Å². The molecular weight excluding hydrogens is 360 g/mol. The van der Waals surface area contributed by atoms with Crippen molar-refractivity contribution in [2.75, 3.05) is 26.2 Å². The van der Waals surface area contributed by atoms with Gasteiger partial charge in [-0.25, -0.2) is 0 Å². The van der Waals surface area contributed by atoms with E-state index in [9.17, 15) is 4.79 Å². The molecule has 4 heteroatoms. The standard InChI is InChI=1S/C25H32N2O2/c26-13-4-16-29-22-11-14-27(15-12-22)25(28)8-3-5-19-9-10-21-18-20-6-1-2-7-23(20)24(21)17-19/h1-2,6-7,9-10,17,22H,3-5,8,11-16,18,26H2. The molecule has 1 aliphatic heterocycles. The Morgan fingerprint density at radius 1 is 1.03 bits per heavy atom. The van der Waals surface area contributed by atoms with Crippen molar-refractivity contribution >= 4 is 5.91 Å². The number of nitrogens with two attached hydrogens (primary N) is 1. The summed E-state index contributed by atoms with van der Waals surface area (Å²) in [5.74, 6) is 0.289. The largest absolute Gasteiger partial charge is 0.378 e. The molecule has 0 bridgehead atoms. The van der Waals surface area contributed by atoms with E-state index in [1.165, 1.54) is 27.8 Å². The molecule has 0 aromatic heterocycles. The molecule has 2 N–H and O–H groups in total. The van der Waals surface area contributed by atoms with Crippen LogP contribution in [0.5, 0.6) is 0 Å². The highest BCUT2D eigenvalue weighted by Crippen LogP contribution is 2.37. The van der Waals surface area contributed by atoms with Gasteiger partial charge < -0.3 is 15.4 Å². The van der Waals surface area contributed by atoms with Gasteiger partial charge in [-0.15, -0.1) is 0 Å². The number of fused-ring (bicyclic) bond motifs is 3. The molecule has 2 aliphatic rings. The number of nitrogens with zero attached hydrogens (tertiary/aromatic N) is 1. The number of carbonyl (C=O) groups excluding carboxylic acids is 1. The third kappa shape index (κ3) is 4.88. The number of hydrogen-bond acceptors (Lipinski definition) is 3. The summed E-state index contributed by atoms with van der Waals surface area (Å²) in [6.45, 7) is 3.05. The number of hydrogen-bond donors (Lipinski definition) is 1. The summed E-state index contributed by atoms with van der Waals surface area (Å²) in [6.07, 6.45) is 6.63. The summed E-state index contributed by atoms with van der Waals surface area (Å²) in [5.41, 5.74) is 12.4. The van der Waals surface area contributed by atoms with E-state index in [1.807, 2.05) is 4.90 Å². The van der Waals surface area contributed by atoms with Crippen LogP contribution in [0.25, 0.3) is 11.1 Å². The first kappa shape index (κ1) is 20.1. The van der Waals surface area contributed by atoms with Gasteiger partial charge in [0, 0.05) is 26.1 Å². The number of rotatable bonds is 8. The first-order valence-corrected chi connectivity index (χ1v) is 11.0. The lowest BCUT2D eigenvalue weighted by Crippen LogP contribution is -2.41. The fourth-order valence-corrected chi connectivity index (χ4v) is 4.53. The minimum Gasteiger partial charge on any atom is -0.378 e. The lowest BCUT2D eigenvalue weighted by atomic mass is 9.99. The van der Waals surface area contributed by atoms with Crippen molar-refractivity contribution in [2.24, 2.45) is 5.73 Å². The Balaban J connectivity index is 1.23. The Kier molecular flexibility index (Phi) is 6.63. The molecule has 4 rings (SSSR count). The number of amides is 1. The second-order valence-electron chi connectivity index (χ2n) is 8.27. The molecule has 154 valence electrons. The number of piperidine rings is 1. The number of likely N-dealkylation sites (tertiary alicyclic amines) is 1. The van der Waals surface area contributed by atoms with Crippen molar-refractivity contribution in [2.45, 2.75) is 51.0 Å². The molecule has 1 aliphatic carbocycles. The monoisotopic (exact) mass is 392 g/mol. The molecule has 0 saturated carbocycles. The third-order valence-corrected chi connectivity index (χ3v) is 6.22. The van der Waals surface area contributed by atoms with Gasteiger partial charge in [0.2, 0.25) is 5.91 Å². The molecule has 2 aromatic rings. The van der Waals surface area contributed by atoms with Gasteiger partial charge in [-0.05, 0) is 72.9 Å². The molecule has 0 atom stereocenters. The van der Waals surface area contributed by atoms with Gasteiger partial charge in [0.15, 0.2) is 0 Å². The predicted octanol–water partition coefficient (Wildman–Crippen LogP) is 3.94. The van der Waals surface area contributed by atoms with E-state index < -0.39 is 0 Å². The second kappa shape index (κ2) is 9.55. The van der Waals surface area contributed by atoms with Gasteiger partial charge in [-0.3, -0.25) is 4.79 Å². The number of benzene rings is 2. The average molecular weight is 393 g/mol. The highest BCUT2D eigenvalue weighted by atomic mass is 16.5. The van der Waals surface area contributed by atoms with Crippen LogP contribution in [0.2, 0.25) is 0 Å². The topological polar surface area (TPSA) is 55.6 Å². The molecule has 4 nitrogen and oxygen atoms in total. The molecule has 2 aromatic carbocycles. The SMILES string of the molecule is NCCCOC1CCN(C(=O)CCCc2ccc3c(c2)-c2ccccc2C3)CC1. The summed E-state index contributed by atoms with van der Waals surface area (Å²) in [7, 11) is 0. The molecule has 29 heavy (non-hydrogen) atoms. The van der Waals surface area contributed by atoms with Gasteiger partial charge in [-0.1, -0.05) is 42.5 Å². The normalized spacial score (nSPS) is 16.0. The van der Waals surface area contributed by atoms with Crippen molar-refractivity contribution in [3.63, 3.8) is 0 Å². The second-order valence-corrected chi connectivity index (χ2v) is 8.27. The number of ether oxygens (including phenoxy) is 1. The van der Waals surface area contributed by atoms with E-state index in [0.717, 1.165) is 58.2 Å². The Morgan fingerprint density at radius 3 is 2.66 bits per heavy atom. The van der Waals surface area contributed by atoms with Crippen molar-refractivity contribution < 1.29 is 9.53 Å². The zero-order chi connectivity index (χ0) is 20.1. The van der Waals surface area contributed by atoms with Gasteiger partial charge in [0.05, 0.1) is 6.10 Å². The van der Waals surface area contributed by atoms with Crippen molar-refractivity contribution in [1.29, 1.82) is 0 Å². The fourth-order valence-electron chi connectivity index (χ4n) is 4.53. The lowest BCUT2D eigenvalue weighted by Gasteiger charge is -2.32. The quantitative estimate of drug-likeness (QED) is 0.591. The first-order valence-electron chi connectivity index (χ1n) is 11.0. The average Bonchev–Trinajstić information content (AvgIpc) is 3.12. The zero-order valence-corrected chi connectivity index (χ0v) is 17.2. The van der Waals surface area contributed by atoms with Crippen LogP contribution in [0.4, 0.5) is 0 Å². The van der Waals surface area contributed by atoms with Crippen LogP contribution in [0.3, 0.4) is 0 Å².